The van der Waals surface area contributed by atoms with Gasteiger partial charge in [0.15, 0.2) is 22.5 Å². The van der Waals surface area contributed by atoms with Crippen LogP contribution in [-0.2, 0) is 23.1 Å². The van der Waals surface area contributed by atoms with Crippen molar-refractivity contribution in [2.75, 3.05) is 0 Å². The fourth-order valence-corrected chi connectivity index (χ4v) is 1.58. The van der Waals surface area contributed by atoms with Crippen LogP contribution in [-0.4, -0.2) is 18.5 Å². The van der Waals surface area contributed by atoms with E-state index in [1.165, 1.54) is 37.7 Å². The number of hydrogen-bond donors (Lipinski definition) is 0. The van der Waals surface area contributed by atoms with E-state index in [1.54, 1.807) is 0 Å². The Bertz CT molecular complexity index is 507. The van der Waals surface area contributed by atoms with Gasteiger partial charge in [-0.1, -0.05) is 26.7 Å². The van der Waals surface area contributed by atoms with E-state index in [2.05, 4.69) is 42.9 Å². The van der Waals surface area contributed by atoms with Crippen molar-refractivity contribution in [2.45, 2.75) is 58.0 Å². The van der Waals surface area contributed by atoms with Gasteiger partial charge in [-0.2, -0.15) is 13.2 Å². The molecule has 0 spiro atoms. The van der Waals surface area contributed by atoms with Crippen LogP contribution in [0.25, 0.3) is 0 Å². The molecule has 0 aromatic carbocycles. The molecule has 1 aromatic heterocycles. The lowest BCUT2D eigenvalue weighted by molar-refractivity contribution is -0.697. The zero-order valence-corrected chi connectivity index (χ0v) is 13.6. The topological polar surface area (TPSA) is 61.1 Å². The van der Waals surface area contributed by atoms with Crippen molar-refractivity contribution in [3.05, 3.63) is 30.1 Å². The summed E-state index contributed by atoms with van der Waals surface area (Å²) in [5.74, 6) is 0. The van der Waals surface area contributed by atoms with E-state index in [9.17, 15) is 13.2 Å². The van der Waals surface area contributed by atoms with Crippen molar-refractivity contribution < 1.29 is 30.7 Å². The minimum Gasteiger partial charge on any atom is -0.741 e. The van der Waals surface area contributed by atoms with E-state index in [1.807, 2.05) is 0 Å². The molecule has 1 aromatic rings. The van der Waals surface area contributed by atoms with Crippen LogP contribution in [0.4, 0.5) is 13.2 Å². The van der Waals surface area contributed by atoms with Crippen molar-refractivity contribution in [2.24, 2.45) is 0 Å². The Balaban J connectivity index is 0.000000472. The molecule has 0 saturated carbocycles. The number of unbranched alkanes of at least 4 members (excludes halogenated alkanes) is 2. The largest absolute Gasteiger partial charge is 0.741 e. The average molecular weight is 341 g/mol. The Hall–Kier alpha value is -1.15. The molecule has 0 amide bonds. The van der Waals surface area contributed by atoms with Gasteiger partial charge >= 0.3 is 5.51 Å². The molecular weight excluding hydrogens is 319 g/mol. The van der Waals surface area contributed by atoms with Crippen LogP contribution in [0.15, 0.2) is 24.5 Å². The first-order chi connectivity index (χ1) is 10.1. The molecule has 22 heavy (non-hydrogen) atoms. The summed E-state index contributed by atoms with van der Waals surface area (Å²) in [5.41, 5.74) is -4.17. The number of aryl methyl sites for hydroxylation is 2. The molecule has 8 heteroatoms. The lowest BCUT2D eigenvalue weighted by Gasteiger charge is -2.08. The fraction of sp³-hybridized carbons (Fsp3) is 0.643. The normalized spacial score (nSPS) is 11.7. The van der Waals surface area contributed by atoms with Gasteiger partial charge in [0.25, 0.3) is 0 Å². The van der Waals surface area contributed by atoms with E-state index in [4.69, 9.17) is 13.0 Å². The minimum atomic E-state index is -6.09. The number of aromatic nitrogens is 1. The van der Waals surface area contributed by atoms with E-state index >= 15 is 0 Å². The van der Waals surface area contributed by atoms with Crippen LogP contribution in [0, 0.1) is 0 Å². The predicted molar refractivity (Wildman–Crippen MR) is 75.9 cm³/mol. The first-order valence-corrected chi connectivity index (χ1v) is 8.52. The first-order valence-electron chi connectivity index (χ1n) is 7.12. The van der Waals surface area contributed by atoms with Crippen LogP contribution >= 0.6 is 0 Å². The number of nitrogens with zero attached hydrogens (tertiary/aromatic N) is 1. The van der Waals surface area contributed by atoms with Crippen LogP contribution in [0.2, 0.25) is 0 Å². The summed E-state index contributed by atoms with van der Waals surface area (Å²) in [7, 11) is -6.09. The minimum absolute atomic E-state index is 1.16. The van der Waals surface area contributed by atoms with Gasteiger partial charge in [0, 0.05) is 18.1 Å². The monoisotopic (exact) mass is 341 g/mol. The van der Waals surface area contributed by atoms with Gasteiger partial charge in [0.2, 0.25) is 0 Å². The highest BCUT2D eigenvalue weighted by atomic mass is 32.2. The van der Waals surface area contributed by atoms with Gasteiger partial charge in [-0.05, 0) is 18.9 Å². The van der Waals surface area contributed by atoms with E-state index < -0.39 is 15.6 Å². The molecule has 0 aliphatic rings. The Morgan fingerprint density at radius 2 is 1.73 bits per heavy atom. The van der Waals surface area contributed by atoms with Crippen molar-refractivity contribution in [3.63, 3.8) is 0 Å². The molecular formula is C14H22F3NO3S. The maximum atomic E-state index is 10.7. The zero-order chi connectivity index (χ0) is 17.2. The molecule has 0 saturated heterocycles. The lowest BCUT2D eigenvalue weighted by Crippen LogP contribution is -2.33. The number of halogens is 3. The van der Waals surface area contributed by atoms with Gasteiger partial charge < -0.3 is 4.55 Å². The molecule has 0 radical (unpaired) electrons. The Labute approximate surface area is 129 Å². The summed E-state index contributed by atoms with van der Waals surface area (Å²) in [5, 5.41) is 0. The molecule has 0 fully saturated rings. The van der Waals surface area contributed by atoms with Gasteiger partial charge in [-0.25, -0.2) is 13.0 Å². The molecule has 0 unspecified atom stereocenters. The van der Waals surface area contributed by atoms with Crippen LogP contribution < -0.4 is 4.57 Å². The Morgan fingerprint density at radius 1 is 1.18 bits per heavy atom. The second-order valence-electron chi connectivity index (χ2n) is 4.81. The highest BCUT2D eigenvalue weighted by Crippen LogP contribution is 2.20. The van der Waals surface area contributed by atoms with E-state index in [-0.39, 0.29) is 0 Å². The highest BCUT2D eigenvalue weighted by Gasteiger charge is 2.36. The first kappa shape index (κ1) is 20.9. The smallest absolute Gasteiger partial charge is 0.485 e. The number of alkyl halides is 3. The molecule has 0 aliphatic heterocycles. The third kappa shape index (κ3) is 8.99. The highest BCUT2D eigenvalue weighted by molar-refractivity contribution is 7.86. The number of pyridine rings is 1. The Kier molecular flexibility index (Phi) is 9.27. The molecule has 4 nitrogen and oxygen atoms in total. The summed E-state index contributed by atoms with van der Waals surface area (Å²) in [4.78, 5) is 0. The van der Waals surface area contributed by atoms with Crippen molar-refractivity contribution in [1.29, 1.82) is 0 Å². The second kappa shape index (κ2) is 9.78. The quantitative estimate of drug-likeness (QED) is 0.454. The lowest BCUT2D eigenvalue weighted by atomic mass is 10.1. The maximum Gasteiger partial charge on any atom is 0.485 e. The van der Waals surface area contributed by atoms with Crippen molar-refractivity contribution in [1.82, 2.24) is 0 Å². The molecule has 0 N–H and O–H groups in total. The summed E-state index contributed by atoms with van der Waals surface area (Å²) < 4.78 is 61.2. The predicted octanol–water partition coefficient (Wildman–Crippen LogP) is 3.17. The van der Waals surface area contributed by atoms with Crippen molar-refractivity contribution >= 4 is 10.1 Å². The van der Waals surface area contributed by atoms with Crippen LogP contribution in [0.3, 0.4) is 0 Å². The molecule has 1 rings (SSSR count). The average Bonchev–Trinajstić information content (AvgIpc) is 2.42. The van der Waals surface area contributed by atoms with Gasteiger partial charge in [0.1, 0.15) is 6.54 Å². The molecule has 0 aliphatic carbocycles. The van der Waals surface area contributed by atoms with Crippen LogP contribution in [0.1, 0.15) is 45.1 Å². The maximum absolute atomic E-state index is 10.7. The molecule has 1 heterocycles. The SMILES string of the molecule is CCCCc1ccc[n+](CCCC)c1.O=S(=O)([O-])C(F)(F)F. The van der Waals surface area contributed by atoms with Crippen LogP contribution in [0.5, 0.6) is 0 Å². The number of rotatable bonds is 6. The second-order valence-corrected chi connectivity index (χ2v) is 6.18. The summed E-state index contributed by atoms with van der Waals surface area (Å²) in [6, 6.07) is 4.40. The third-order valence-electron chi connectivity index (χ3n) is 2.79. The Morgan fingerprint density at radius 3 is 2.18 bits per heavy atom. The van der Waals surface area contributed by atoms with E-state index in [0.29, 0.717) is 0 Å². The summed E-state index contributed by atoms with van der Waals surface area (Å²) in [6.45, 7) is 5.64. The standard InChI is InChI=1S/C13H22N.CHF3O3S/c1-3-5-8-13-9-7-11-14(12-13)10-6-4-2;2-1(3,4)8(5,6)7/h7,9,11-12H,3-6,8,10H2,1-2H3;(H,5,6,7)/q+1;/p-1. The molecule has 128 valence electrons. The molecule has 0 atom stereocenters. The van der Waals surface area contributed by atoms with Crippen molar-refractivity contribution in [3.8, 4) is 0 Å². The summed E-state index contributed by atoms with van der Waals surface area (Å²) in [6.07, 6.45) is 10.8. The van der Waals surface area contributed by atoms with Gasteiger partial charge in [0.05, 0.1) is 0 Å². The molecule has 0 bridgehead atoms. The fourth-order valence-electron chi connectivity index (χ4n) is 1.58. The number of hydrogen-bond acceptors (Lipinski definition) is 3. The zero-order valence-electron chi connectivity index (χ0n) is 12.8. The van der Waals surface area contributed by atoms with Gasteiger partial charge in [-0.15, -0.1) is 0 Å². The summed E-state index contributed by atoms with van der Waals surface area (Å²) >= 11 is 0. The van der Waals surface area contributed by atoms with Gasteiger partial charge in [-0.3, -0.25) is 0 Å². The van der Waals surface area contributed by atoms with E-state index in [0.717, 1.165) is 6.54 Å². The third-order valence-corrected chi connectivity index (χ3v) is 3.36.